The number of pyridine rings is 1. The minimum absolute atomic E-state index is 0.00513. The van der Waals surface area contributed by atoms with Crippen LogP contribution in [0.4, 0.5) is 18.9 Å². The minimum Gasteiger partial charge on any atom is -0.397 e. The number of aromatic nitrogens is 1. The molecule has 0 bridgehead atoms. The number of hydrogen-bond acceptors (Lipinski definition) is 7. The van der Waals surface area contributed by atoms with Crippen molar-refractivity contribution in [2.45, 2.75) is 42.0 Å². The number of halogens is 3. The number of rotatable bonds is 8. The molecule has 0 radical (unpaired) electrons. The van der Waals surface area contributed by atoms with Crippen molar-refractivity contribution < 1.29 is 36.2 Å². The molecule has 4 N–H and O–H groups in total. The Kier molecular flexibility index (Phi) is 7.63. The van der Waals surface area contributed by atoms with Gasteiger partial charge >= 0.3 is 6.18 Å². The van der Waals surface area contributed by atoms with Gasteiger partial charge in [-0.3, -0.25) is 4.79 Å². The lowest BCUT2D eigenvalue weighted by Gasteiger charge is -2.14. The first-order valence-electron chi connectivity index (χ1n) is 9.08. The topological polar surface area (TPSA) is 132 Å². The lowest BCUT2D eigenvalue weighted by Crippen LogP contribution is -2.35. The highest BCUT2D eigenvalue weighted by Gasteiger charge is 2.31. The second kappa shape index (κ2) is 9.62. The summed E-state index contributed by atoms with van der Waals surface area (Å²) in [5.41, 5.74) is 4.26. The highest BCUT2D eigenvalue weighted by atomic mass is 32.2. The van der Waals surface area contributed by atoms with E-state index in [0.29, 0.717) is 12.1 Å². The first-order valence-corrected chi connectivity index (χ1v) is 10.6. The summed E-state index contributed by atoms with van der Waals surface area (Å²) in [5, 5.41) is 12.2. The average Bonchev–Trinajstić information content (AvgIpc) is 2.69. The molecule has 8 nitrogen and oxygen atoms in total. The molecule has 2 rings (SSSR count). The standard InChI is InChI=1S/C19H22F3N3O5S/c1-11(2)30-10-13(26)8-25-18(27)17-16(23)7-15(9-24-17)31(28,29)14-5-3-12(4-6-14)19(20,21)22/h3-7,9,11,13,26H,8,10,23H2,1-2H3,(H,25,27)/t13-/m0/s1. The predicted octanol–water partition coefficient (Wildman–Crippen LogP) is 2.03. The maximum Gasteiger partial charge on any atom is 0.416 e. The van der Waals surface area contributed by atoms with Crippen LogP contribution in [0.25, 0.3) is 0 Å². The molecule has 0 saturated heterocycles. The van der Waals surface area contributed by atoms with Gasteiger partial charge in [0.2, 0.25) is 9.84 Å². The SMILES string of the molecule is CC(C)OC[C@@H](O)CNC(=O)c1ncc(S(=O)(=O)c2ccc(C(F)(F)F)cc2)cc1N. The van der Waals surface area contributed by atoms with Gasteiger partial charge in [0.05, 0.1) is 39.9 Å². The number of nitrogens with two attached hydrogens (primary N) is 1. The van der Waals surface area contributed by atoms with Crippen molar-refractivity contribution in [2.75, 3.05) is 18.9 Å². The summed E-state index contributed by atoms with van der Waals surface area (Å²) >= 11 is 0. The molecule has 0 saturated carbocycles. The number of carbonyl (C=O) groups excluding carboxylic acids is 1. The van der Waals surface area contributed by atoms with E-state index in [-0.39, 0.29) is 40.4 Å². The maximum atomic E-state index is 12.7. The van der Waals surface area contributed by atoms with Crippen LogP contribution in [-0.2, 0) is 20.8 Å². The number of aliphatic hydroxyl groups is 1. The molecule has 1 heterocycles. The van der Waals surface area contributed by atoms with Crippen molar-refractivity contribution in [1.82, 2.24) is 10.3 Å². The van der Waals surface area contributed by atoms with Crippen molar-refractivity contribution in [2.24, 2.45) is 0 Å². The lowest BCUT2D eigenvalue weighted by molar-refractivity contribution is -0.137. The van der Waals surface area contributed by atoms with Crippen molar-refractivity contribution in [3.05, 3.63) is 47.8 Å². The number of ether oxygens (including phenoxy) is 1. The van der Waals surface area contributed by atoms with E-state index in [1.165, 1.54) is 0 Å². The van der Waals surface area contributed by atoms with Crippen LogP contribution in [0.5, 0.6) is 0 Å². The van der Waals surface area contributed by atoms with Crippen LogP contribution in [-0.4, -0.2) is 49.8 Å². The molecule has 0 unspecified atom stereocenters. The van der Waals surface area contributed by atoms with E-state index in [4.69, 9.17) is 10.5 Å². The smallest absolute Gasteiger partial charge is 0.397 e. The third-order valence-corrected chi connectivity index (χ3v) is 5.77. The Labute approximate surface area is 177 Å². The second-order valence-electron chi connectivity index (χ2n) is 6.88. The lowest BCUT2D eigenvalue weighted by atomic mass is 10.2. The number of nitrogen functional groups attached to an aromatic ring is 1. The summed E-state index contributed by atoms with van der Waals surface area (Å²) in [6.07, 6.45) is -4.78. The van der Waals surface area contributed by atoms with Gasteiger partial charge in [0.15, 0.2) is 5.69 Å². The van der Waals surface area contributed by atoms with E-state index in [9.17, 15) is 31.5 Å². The van der Waals surface area contributed by atoms with Gasteiger partial charge < -0.3 is 20.9 Å². The number of aliphatic hydroxyl groups excluding tert-OH is 1. The molecular weight excluding hydrogens is 439 g/mol. The summed E-state index contributed by atoms with van der Waals surface area (Å²) in [4.78, 5) is 15.2. The Balaban J connectivity index is 2.14. The summed E-state index contributed by atoms with van der Waals surface area (Å²) in [5.74, 6) is -0.737. The molecule has 12 heteroatoms. The summed E-state index contributed by atoms with van der Waals surface area (Å²) < 4.78 is 68.5. The molecule has 1 aromatic heterocycles. The second-order valence-corrected chi connectivity index (χ2v) is 8.83. The zero-order valence-electron chi connectivity index (χ0n) is 16.7. The molecule has 0 fully saturated rings. The van der Waals surface area contributed by atoms with Gasteiger partial charge in [-0.05, 0) is 44.2 Å². The van der Waals surface area contributed by atoms with E-state index < -0.39 is 33.6 Å². The van der Waals surface area contributed by atoms with Crippen LogP contribution in [0, 0.1) is 0 Å². The van der Waals surface area contributed by atoms with Crippen LogP contribution < -0.4 is 11.1 Å². The zero-order chi connectivity index (χ0) is 23.4. The van der Waals surface area contributed by atoms with E-state index in [0.717, 1.165) is 24.4 Å². The van der Waals surface area contributed by atoms with Gasteiger partial charge in [0, 0.05) is 12.7 Å². The van der Waals surface area contributed by atoms with E-state index >= 15 is 0 Å². The van der Waals surface area contributed by atoms with Crippen molar-refractivity contribution >= 4 is 21.4 Å². The van der Waals surface area contributed by atoms with Crippen LogP contribution in [0.3, 0.4) is 0 Å². The first kappa shape index (κ1) is 24.6. The average molecular weight is 461 g/mol. The van der Waals surface area contributed by atoms with Gasteiger partial charge in [-0.2, -0.15) is 13.2 Å². The number of carbonyl (C=O) groups is 1. The molecule has 0 aliphatic rings. The van der Waals surface area contributed by atoms with Crippen LogP contribution in [0.15, 0.2) is 46.3 Å². The number of alkyl halides is 3. The Morgan fingerprint density at radius 2 is 1.84 bits per heavy atom. The predicted molar refractivity (Wildman–Crippen MR) is 105 cm³/mol. The van der Waals surface area contributed by atoms with E-state index in [1.54, 1.807) is 13.8 Å². The highest BCUT2D eigenvalue weighted by Crippen LogP contribution is 2.31. The molecule has 0 spiro atoms. The molecular formula is C19H22F3N3O5S. The van der Waals surface area contributed by atoms with Gasteiger partial charge in [0.1, 0.15) is 0 Å². The number of nitrogens with zero attached hydrogens (tertiary/aromatic N) is 1. The van der Waals surface area contributed by atoms with E-state index in [1.807, 2.05) is 0 Å². The number of anilines is 1. The Hall–Kier alpha value is -2.70. The van der Waals surface area contributed by atoms with Gasteiger partial charge in [-0.1, -0.05) is 0 Å². The third-order valence-electron chi connectivity index (χ3n) is 4.03. The minimum atomic E-state index is -4.60. The fourth-order valence-electron chi connectivity index (χ4n) is 2.41. The van der Waals surface area contributed by atoms with Gasteiger partial charge in [-0.15, -0.1) is 0 Å². The summed E-state index contributed by atoms with van der Waals surface area (Å²) in [6, 6.07) is 3.96. The van der Waals surface area contributed by atoms with Crippen molar-refractivity contribution in [1.29, 1.82) is 0 Å². The molecule has 170 valence electrons. The van der Waals surface area contributed by atoms with Crippen LogP contribution in [0.1, 0.15) is 29.9 Å². The Morgan fingerprint density at radius 3 is 2.35 bits per heavy atom. The number of nitrogens with one attached hydrogen (secondary N) is 1. The molecule has 1 amide bonds. The van der Waals surface area contributed by atoms with Crippen LogP contribution in [0.2, 0.25) is 0 Å². The Morgan fingerprint density at radius 1 is 1.23 bits per heavy atom. The van der Waals surface area contributed by atoms with Crippen LogP contribution >= 0.6 is 0 Å². The molecule has 31 heavy (non-hydrogen) atoms. The fourth-order valence-corrected chi connectivity index (χ4v) is 3.65. The summed E-state index contributed by atoms with van der Waals surface area (Å²) in [7, 11) is -4.21. The number of amides is 1. The maximum absolute atomic E-state index is 12.7. The zero-order valence-corrected chi connectivity index (χ0v) is 17.5. The third kappa shape index (κ3) is 6.39. The number of benzene rings is 1. The molecule has 0 aliphatic carbocycles. The van der Waals surface area contributed by atoms with Gasteiger partial charge in [0.25, 0.3) is 5.91 Å². The normalized spacial score (nSPS) is 13.3. The van der Waals surface area contributed by atoms with E-state index in [2.05, 4.69) is 10.3 Å². The first-order chi connectivity index (χ1) is 14.3. The molecule has 2 aromatic rings. The molecule has 0 aliphatic heterocycles. The number of hydrogen-bond donors (Lipinski definition) is 3. The quantitative estimate of drug-likeness (QED) is 0.548. The van der Waals surface area contributed by atoms with Crippen molar-refractivity contribution in [3.8, 4) is 0 Å². The number of sulfone groups is 1. The highest BCUT2D eigenvalue weighted by molar-refractivity contribution is 7.91. The van der Waals surface area contributed by atoms with Gasteiger partial charge in [-0.25, -0.2) is 13.4 Å². The Bertz CT molecular complexity index is 1030. The molecule has 1 atom stereocenters. The monoisotopic (exact) mass is 461 g/mol. The van der Waals surface area contributed by atoms with Crippen molar-refractivity contribution in [3.63, 3.8) is 0 Å². The fraction of sp³-hybridized carbons (Fsp3) is 0.368. The summed E-state index contributed by atoms with van der Waals surface area (Å²) in [6.45, 7) is 3.44. The largest absolute Gasteiger partial charge is 0.416 e. The molecule has 1 aromatic carbocycles.